The van der Waals surface area contributed by atoms with E-state index in [9.17, 15) is 9.59 Å². The minimum absolute atomic E-state index is 0.00680. The van der Waals surface area contributed by atoms with E-state index in [0.717, 1.165) is 5.56 Å². The Hall–Kier alpha value is -1.84. The van der Waals surface area contributed by atoms with Crippen LogP contribution in [0.4, 0.5) is 0 Å². The summed E-state index contributed by atoms with van der Waals surface area (Å²) in [6.07, 6.45) is 0.228. The van der Waals surface area contributed by atoms with Crippen LogP contribution in [0.25, 0.3) is 0 Å². The molecule has 1 fully saturated rings. The van der Waals surface area contributed by atoms with E-state index < -0.39 is 11.4 Å². The van der Waals surface area contributed by atoms with Crippen LogP contribution in [-0.2, 0) is 15.1 Å². The number of primary amides is 1. The molecule has 1 aromatic rings. The molecule has 1 heterocycles. The monoisotopic (exact) mass is 246 g/mol. The predicted octanol–water partition coefficient (Wildman–Crippen LogP) is 1.26. The maximum atomic E-state index is 12.0. The molecule has 1 aliphatic rings. The third kappa shape index (κ3) is 2.10. The summed E-state index contributed by atoms with van der Waals surface area (Å²) in [6.45, 7) is 4.39. The Morgan fingerprint density at radius 1 is 1.33 bits per heavy atom. The van der Waals surface area contributed by atoms with E-state index in [2.05, 4.69) is 0 Å². The summed E-state index contributed by atoms with van der Waals surface area (Å²) in [5.74, 6) is -0.761. The van der Waals surface area contributed by atoms with Crippen molar-refractivity contribution in [3.05, 3.63) is 35.9 Å². The van der Waals surface area contributed by atoms with Gasteiger partial charge in [-0.1, -0.05) is 30.3 Å². The van der Waals surface area contributed by atoms with Gasteiger partial charge < -0.3 is 10.6 Å². The van der Waals surface area contributed by atoms with Crippen molar-refractivity contribution in [1.29, 1.82) is 0 Å². The third-order valence-electron chi connectivity index (χ3n) is 3.68. The molecule has 0 radical (unpaired) electrons. The maximum absolute atomic E-state index is 12.0. The van der Waals surface area contributed by atoms with Crippen LogP contribution < -0.4 is 5.73 Å². The summed E-state index contributed by atoms with van der Waals surface area (Å²) in [5.41, 5.74) is 5.93. The van der Waals surface area contributed by atoms with E-state index in [1.807, 2.05) is 44.2 Å². The van der Waals surface area contributed by atoms with Crippen LogP contribution in [0.5, 0.6) is 0 Å². The molecule has 2 amide bonds. The van der Waals surface area contributed by atoms with E-state index in [4.69, 9.17) is 5.73 Å². The van der Waals surface area contributed by atoms with Gasteiger partial charge in [0.25, 0.3) is 0 Å². The smallest absolute Gasteiger partial charge is 0.224 e. The largest absolute Gasteiger partial charge is 0.369 e. The first-order valence-corrected chi connectivity index (χ1v) is 6.08. The van der Waals surface area contributed by atoms with Crippen molar-refractivity contribution in [3.63, 3.8) is 0 Å². The number of hydrogen-bond donors (Lipinski definition) is 1. The summed E-state index contributed by atoms with van der Waals surface area (Å²) in [4.78, 5) is 25.0. The predicted molar refractivity (Wildman–Crippen MR) is 68.5 cm³/mol. The second-order valence-electron chi connectivity index (χ2n) is 5.23. The summed E-state index contributed by atoms with van der Waals surface area (Å²) in [6, 6.07) is 9.82. The molecule has 1 saturated heterocycles. The molecule has 0 spiro atoms. The van der Waals surface area contributed by atoms with Gasteiger partial charge in [-0.05, 0) is 19.4 Å². The summed E-state index contributed by atoms with van der Waals surface area (Å²) < 4.78 is 0. The number of nitrogens with two attached hydrogens (primary N) is 1. The van der Waals surface area contributed by atoms with Crippen molar-refractivity contribution in [1.82, 2.24) is 4.90 Å². The molecule has 4 nitrogen and oxygen atoms in total. The van der Waals surface area contributed by atoms with Crippen molar-refractivity contribution < 1.29 is 9.59 Å². The van der Waals surface area contributed by atoms with Gasteiger partial charge in [-0.25, -0.2) is 0 Å². The molecule has 18 heavy (non-hydrogen) atoms. The van der Waals surface area contributed by atoms with Gasteiger partial charge in [0, 0.05) is 13.0 Å². The molecule has 2 N–H and O–H groups in total. The van der Waals surface area contributed by atoms with Gasteiger partial charge in [0.05, 0.1) is 11.5 Å². The van der Waals surface area contributed by atoms with Gasteiger partial charge >= 0.3 is 0 Å². The van der Waals surface area contributed by atoms with Crippen molar-refractivity contribution in [3.8, 4) is 0 Å². The molecule has 1 atom stereocenters. The van der Waals surface area contributed by atoms with E-state index in [-0.39, 0.29) is 18.2 Å². The number of likely N-dealkylation sites (tertiary alicyclic amines) is 1. The Kier molecular flexibility index (Phi) is 3.11. The molecular formula is C14H18N2O2. The highest BCUT2D eigenvalue weighted by Gasteiger charge is 2.41. The molecule has 1 aliphatic heterocycles. The minimum atomic E-state index is -0.414. The number of carbonyl (C=O) groups excluding carboxylic acids is 2. The number of benzene rings is 1. The lowest BCUT2D eigenvalue weighted by Gasteiger charge is -2.36. The van der Waals surface area contributed by atoms with Crippen LogP contribution in [0.15, 0.2) is 30.3 Å². The van der Waals surface area contributed by atoms with Crippen molar-refractivity contribution in [2.75, 3.05) is 6.54 Å². The average Bonchev–Trinajstić information content (AvgIpc) is 2.73. The first kappa shape index (κ1) is 12.6. The van der Waals surface area contributed by atoms with Crippen molar-refractivity contribution in [2.45, 2.75) is 25.8 Å². The Balaban J connectivity index is 2.26. The topological polar surface area (TPSA) is 63.4 Å². The Morgan fingerprint density at radius 3 is 2.44 bits per heavy atom. The van der Waals surface area contributed by atoms with E-state index in [1.54, 1.807) is 4.90 Å². The lowest BCUT2D eigenvalue weighted by Crippen LogP contribution is -2.43. The maximum Gasteiger partial charge on any atom is 0.224 e. The molecule has 1 unspecified atom stereocenters. The molecule has 1 aromatic carbocycles. The SMILES string of the molecule is CC(C)(c1ccccc1)N1CC(C(N)=O)CC1=O. The summed E-state index contributed by atoms with van der Waals surface area (Å²) in [5, 5.41) is 0. The first-order valence-electron chi connectivity index (χ1n) is 6.08. The average molecular weight is 246 g/mol. The van der Waals surface area contributed by atoms with Gasteiger partial charge in [-0.3, -0.25) is 9.59 Å². The number of nitrogens with zero attached hydrogens (tertiary/aromatic N) is 1. The zero-order chi connectivity index (χ0) is 13.3. The fourth-order valence-electron chi connectivity index (χ4n) is 2.44. The lowest BCUT2D eigenvalue weighted by molar-refractivity contribution is -0.132. The molecule has 4 heteroatoms. The van der Waals surface area contributed by atoms with Crippen molar-refractivity contribution in [2.24, 2.45) is 11.7 Å². The normalized spacial score (nSPS) is 20.2. The van der Waals surface area contributed by atoms with Crippen LogP contribution in [0.1, 0.15) is 25.8 Å². The molecular weight excluding hydrogens is 228 g/mol. The van der Waals surface area contributed by atoms with Gasteiger partial charge in [0.1, 0.15) is 0 Å². The molecule has 0 bridgehead atoms. The molecule has 0 saturated carbocycles. The Morgan fingerprint density at radius 2 is 1.94 bits per heavy atom. The van der Waals surface area contributed by atoms with Crippen LogP contribution in [0.2, 0.25) is 0 Å². The second kappa shape index (κ2) is 4.44. The number of amides is 2. The second-order valence-corrected chi connectivity index (χ2v) is 5.23. The van der Waals surface area contributed by atoms with Gasteiger partial charge in [-0.2, -0.15) is 0 Å². The summed E-state index contributed by atoms with van der Waals surface area (Å²) in [7, 11) is 0. The number of hydrogen-bond acceptors (Lipinski definition) is 2. The molecule has 0 aliphatic carbocycles. The highest BCUT2D eigenvalue weighted by molar-refractivity contribution is 5.88. The first-order chi connectivity index (χ1) is 8.43. The van der Waals surface area contributed by atoms with E-state index in [1.165, 1.54) is 0 Å². The lowest BCUT2D eigenvalue weighted by atomic mass is 9.92. The fourth-order valence-corrected chi connectivity index (χ4v) is 2.44. The fraction of sp³-hybridized carbons (Fsp3) is 0.429. The summed E-state index contributed by atoms with van der Waals surface area (Å²) >= 11 is 0. The van der Waals surface area contributed by atoms with Gasteiger partial charge in [0.2, 0.25) is 11.8 Å². The molecule has 2 rings (SSSR count). The number of carbonyl (C=O) groups is 2. The Labute approximate surface area is 107 Å². The highest BCUT2D eigenvalue weighted by Crippen LogP contribution is 2.33. The van der Waals surface area contributed by atoms with E-state index in [0.29, 0.717) is 6.54 Å². The van der Waals surface area contributed by atoms with Crippen molar-refractivity contribution >= 4 is 11.8 Å². The van der Waals surface area contributed by atoms with Crippen LogP contribution in [-0.4, -0.2) is 23.3 Å². The van der Waals surface area contributed by atoms with Crippen LogP contribution in [0, 0.1) is 5.92 Å². The highest BCUT2D eigenvalue weighted by atomic mass is 16.2. The number of rotatable bonds is 3. The molecule has 96 valence electrons. The van der Waals surface area contributed by atoms with Gasteiger partial charge in [0.15, 0.2) is 0 Å². The Bertz CT molecular complexity index is 468. The quantitative estimate of drug-likeness (QED) is 0.872. The third-order valence-corrected chi connectivity index (χ3v) is 3.68. The molecule has 0 aromatic heterocycles. The van der Waals surface area contributed by atoms with E-state index >= 15 is 0 Å². The zero-order valence-electron chi connectivity index (χ0n) is 10.7. The minimum Gasteiger partial charge on any atom is -0.369 e. The van der Waals surface area contributed by atoms with Crippen LogP contribution >= 0.6 is 0 Å². The van der Waals surface area contributed by atoms with Gasteiger partial charge in [-0.15, -0.1) is 0 Å². The van der Waals surface area contributed by atoms with Crippen LogP contribution in [0.3, 0.4) is 0 Å². The zero-order valence-corrected chi connectivity index (χ0v) is 10.7. The standard InChI is InChI=1S/C14H18N2O2/c1-14(2,11-6-4-3-5-7-11)16-9-10(13(15)18)8-12(16)17/h3-7,10H,8-9H2,1-2H3,(H2,15,18).